The first-order chi connectivity index (χ1) is 18.8. The maximum absolute atomic E-state index is 13.0. The Hall–Kier alpha value is -4.35. The Bertz CT molecular complexity index is 1200. The number of nitrogens with one attached hydrogen (secondary N) is 1. The van der Waals surface area contributed by atoms with Gasteiger partial charge in [0.25, 0.3) is 11.6 Å². The van der Waals surface area contributed by atoms with Crippen molar-refractivity contribution in [2.75, 3.05) is 52.4 Å². The van der Waals surface area contributed by atoms with Crippen LogP contribution in [0.1, 0.15) is 42.6 Å². The van der Waals surface area contributed by atoms with Gasteiger partial charge in [-0.25, -0.2) is 5.43 Å². The molecule has 39 heavy (non-hydrogen) atoms. The van der Waals surface area contributed by atoms with Gasteiger partial charge in [0.2, 0.25) is 11.7 Å². The first-order valence-electron chi connectivity index (χ1n) is 12.7. The Labute approximate surface area is 227 Å². The summed E-state index contributed by atoms with van der Waals surface area (Å²) in [4.78, 5) is 40.7. The topological polar surface area (TPSA) is 136 Å². The Morgan fingerprint density at radius 3 is 2.36 bits per heavy atom. The molecule has 1 heterocycles. The Balaban J connectivity index is 1.85. The van der Waals surface area contributed by atoms with Gasteiger partial charge in [0.05, 0.1) is 38.4 Å². The number of carbonyl (C=O) groups is 2. The maximum Gasteiger partial charge on any atom is 0.271 e. The van der Waals surface area contributed by atoms with E-state index >= 15 is 0 Å². The van der Waals surface area contributed by atoms with Crippen LogP contribution in [0.2, 0.25) is 0 Å². The summed E-state index contributed by atoms with van der Waals surface area (Å²) in [5, 5.41) is 15.5. The van der Waals surface area contributed by atoms with E-state index < -0.39 is 10.8 Å². The Morgan fingerprint density at radius 1 is 1.13 bits per heavy atom. The number of hydrazone groups is 1. The Morgan fingerprint density at radius 2 is 1.79 bits per heavy atom. The third-order valence-electron chi connectivity index (χ3n) is 6.71. The lowest BCUT2D eigenvalue weighted by Crippen LogP contribution is -2.45. The van der Waals surface area contributed by atoms with E-state index in [0.717, 1.165) is 12.8 Å². The molecule has 1 fully saturated rings. The van der Waals surface area contributed by atoms with Gasteiger partial charge in [0.15, 0.2) is 11.5 Å². The summed E-state index contributed by atoms with van der Waals surface area (Å²) in [5.74, 6) is 0.371. The molecule has 2 amide bonds. The van der Waals surface area contributed by atoms with Crippen molar-refractivity contribution >= 4 is 29.4 Å². The van der Waals surface area contributed by atoms with Crippen LogP contribution in [0.25, 0.3) is 0 Å². The van der Waals surface area contributed by atoms with Gasteiger partial charge in [-0.1, -0.05) is 0 Å². The molecule has 0 bridgehead atoms. The first kappa shape index (κ1) is 29.2. The second-order valence-electron chi connectivity index (χ2n) is 8.91. The number of ether oxygens (including phenoxy) is 3. The number of amides is 2. The van der Waals surface area contributed by atoms with Crippen LogP contribution in [-0.2, 0) is 4.79 Å². The van der Waals surface area contributed by atoms with Crippen molar-refractivity contribution in [3.05, 3.63) is 51.6 Å². The molecule has 0 radical (unpaired) electrons. The van der Waals surface area contributed by atoms with Crippen molar-refractivity contribution in [1.29, 1.82) is 0 Å². The highest BCUT2D eigenvalue weighted by Crippen LogP contribution is 2.38. The molecule has 1 atom stereocenters. The summed E-state index contributed by atoms with van der Waals surface area (Å²) < 4.78 is 15.9. The molecule has 1 aliphatic rings. The molecule has 0 spiro atoms. The van der Waals surface area contributed by atoms with Crippen LogP contribution in [0, 0.1) is 16.0 Å². The van der Waals surface area contributed by atoms with E-state index in [2.05, 4.69) is 10.5 Å². The van der Waals surface area contributed by atoms with Crippen LogP contribution < -0.4 is 24.5 Å². The van der Waals surface area contributed by atoms with Crippen molar-refractivity contribution < 1.29 is 28.7 Å². The SMILES string of the molecule is CCN(CC)C(=O)[C@@H]1CCCN(c2ccc([N+](=O)[O-])cc2/C=N\NC(=O)c2cc(OC)c(OC)c(OC)c2)C1. The van der Waals surface area contributed by atoms with Gasteiger partial charge >= 0.3 is 0 Å². The summed E-state index contributed by atoms with van der Waals surface area (Å²) in [7, 11) is 4.36. The minimum absolute atomic E-state index is 0.107. The normalized spacial score (nSPS) is 15.1. The summed E-state index contributed by atoms with van der Waals surface area (Å²) >= 11 is 0. The molecule has 2 aromatic rings. The fourth-order valence-corrected chi connectivity index (χ4v) is 4.68. The number of hydrogen-bond acceptors (Lipinski definition) is 9. The number of nitrogens with zero attached hydrogens (tertiary/aromatic N) is 4. The van der Waals surface area contributed by atoms with E-state index in [-0.39, 0.29) is 23.1 Å². The molecule has 0 saturated carbocycles. The molecule has 1 N–H and O–H groups in total. The molecule has 0 aliphatic carbocycles. The highest BCUT2D eigenvalue weighted by molar-refractivity contribution is 5.97. The Kier molecular flexibility index (Phi) is 10.1. The number of nitro groups is 1. The molecule has 12 nitrogen and oxygen atoms in total. The van der Waals surface area contributed by atoms with Gasteiger partial charge in [-0.3, -0.25) is 19.7 Å². The van der Waals surface area contributed by atoms with Crippen LogP contribution in [0.3, 0.4) is 0 Å². The molecule has 0 unspecified atom stereocenters. The summed E-state index contributed by atoms with van der Waals surface area (Å²) in [6.45, 7) is 6.39. The average molecular weight is 542 g/mol. The molecular formula is C27H35N5O7. The molecule has 12 heteroatoms. The molecule has 1 saturated heterocycles. The minimum Gasteiger partial charge on any atom is -0.493 e. The average Bonchev–Trinajstić information content (AvgIpc) is 2.96. The van der Waals surface area contributed by atoms with Crippen LogP contribution in [0.4, 0.5) is 11.4 Å². The number of nitro benzene ring substituents is 1. The number of non-ortho nitro benzene ring substituents is 1. The van der Waals surface area contributed by atoms with Crippen LogP contribution in [-0.4, -0.2) is 75.4 Å². The van der Waals surface area contributed by atoms with E-state index in [1.165, 1.54) is 51.8 Å². The number of benzene rings is 2. The molecule has 3 rings (SSSR count). The van der Waals surface area contributed by atoms with Crippen LogP contribution >= 0.6 is 0 Å². The summed E-state index contributed by atoms with van der Waals surface area (Å²) in [6, 6.07) is 7.47. The molecular weight excluding hydrogens is 506 g/mol. The molecule has 0 aromatic heterocycles. The molecule has 1 aliphatic heterocycles. The summed E-state index contributed by atoms with van der Waals surface area (Å²) in [6.07, 6.45) is 2.96. The zero-order valence-electron chi connectivity index (χ0n) is 22.9. The predicted octanol–water partition coefficient (Wildman–Crippen LogP) is 3.47. The lowest BCUT2D eigenvalue weighted by Gasteiger charge is -2.36. The van der Waals surface area contributed by atoms with Crippen molar-refractivity contribution in [2.24, 2.45) is 11.0 Å². The van der Waals surface area contributed by atoms with Gasteiger partial charge < -0.3 is 24.0 Å². The fraction of sp³-hybridized carbons (Fsp3) is 0.444. The highest BCUT2D eigenvalue weighted by atomic mass is 16.6. The number of rotatable bonds is 11. The van der Waals surface area contributed by atoms with E-state index in [1.807, 2.05) is 23.6 Å². The van der Waals surface area contributed by atoms with Gasteiger partial charge in [0, 0.05) is 55.1 Å². The zero-order chi connectivity index (χ0) is 28.5. The lowest BCUT2D eigenvalue weighted by molar-refractivity contribution is -0.384. The van der Waals surface area contributed by atoms with Gasteiger partial charge in [-0.05, 0) is 44.9 Å². The largest absolute Gasteiger partial charge is 0.493 e. The minimum atomic E-state index is -0.541. The number of anilines is 1. The van der Waals surface area contributed by atoms with Gasteiger partial charge in [-0.2, -0.15) is 5.10 Å². The first-order valence-corrected chi connectivity index (χ1v) is 12.7. The quantitative estimate of drug-likeness (QED) is 0.260. The van der Waals surface area contributed by atoms with Crippen LogP contribution in [0.15, 0.2) is 35.4 Å². The number of hydrogen-bond donors (Lipinski definition) is 1. The standard InChI is InChI=1S/C27H35N5O7/c1-6-30(7-2)27(34)18-9-8-12-31(17-18)22-11-10-21(32(35)36)13-20(22)16-28-29-26(33)19-14-23(37-3)25(39-5)24(15-19)38-4/h10-11,13-16,18H,6-9,12,17H2,1-5H3,(H,29,33)/b28-16-/t18-/m1/s1. The van der Waals surface area contributed by atoms with Gasteiger partial charge in [-0.15, -0.1) is 0 Å². The smallest absolute Gasteiger partial charge is 0.271 e. The van der Waals surface area contributed by atoms with Crippen molar-refractivity contribution in [1.82, 2.24) is 10.3 Å². The number of methoxy groups -OCH3 is 3. The van der Waals surface area contributed by atoms with Gasteiger partial charge in [0.1, 0.15) is 0 Å². The lowest BCUT2D eigenvalue weighted by atomic mass is 9.95. The van der Waals surface area contributed by atoms with E-state index in [4.69, 9.17) is 14.2 Å². The number of piperidine rings is 1. The number of carbonyl (C=O) groups excluding carboxylic acids is 2. The van der Waals surface area contributed by atoms with E-state index in [9.17, 15) is 19.7 Å². The highest BCUT2D eigenvalue weighted by Gasteiger charge is 2.29. The monoisotopic (exact) mass is 541 g/mol. The summed E-state index contributed by atoms with van der Waals surface area (Å²) in [5.41, 5.74) is 3.71. The second-order valence-corrected chi connectivity index (χ2v) is 8.91. The van der Waals surface area contributed by atoms with Crippen molar-refractivity contribution in [2.45, 2.75) is 26.7 Å². The maximum atomic E-state index is 13.0. The van der Waals surface area contributed by atoms with Crippen LogP contribution in [0.5, 0.6) is 17.2 Å². The molecule has 210 valence electrons. The third-order valence-corrected chi connectivity index (χ3v) is 6.71. The molecule has 2 aromatic carbocycles. The van der Waals surface area contributed by atoms with Crippen molar-refractivity contribution in [3.8, 4) is 17.2 Å². The third kappa shape index (κ3) is 6.75. The van der Waals surface area contributed by atoms with E-state index in [1.54, 1.807) is 6.07 Å². The predicted molar refractivity (Wildman–Crippen MR) is 147 cm³/mol. The van der Waals surface area contributed by atoms with Crippen molar-refractivity contribution in [3.63, 3.8) is 0 Å². The zero-order valence-corrected chi connectivity index (χ0v) is 22.9. The fourth-order valence-electron chi connectivity index (χ4n) is 4.68. The van der Waals surface area contributed by atoms with E-state index in [0.29, 0.717) is 54.7 Å². The second kappa shape index (κ2) is 13.4.